The lowest BCUT2D eigenvalue weighted by molar-refractivity contribution is 0.0923. The second-order valence-electron chi connectivity index (χ2n) is 6.43. The van der Waals surface area contributed by atoms with Gasteiger partial charge >= 0.3 is 5.91 Å². The number of hydrazone groups is 1. The second-order valence-corrected chi connectivity index (χ2v) is 6.43. The van der Waals surface area contributed by atoms with Crippen LogP contribution in [0.25, 0.3) is 0 Å². The predicted molar refractivity (Wildman–Crippen MR) is 103 cm³/mol. The summed E-state index contributed by atoms with van der Waals surface area (Å²) in [5.74, 6) is 1.21. The topological polar surface area (TPSA) is 63.8 Å². The molecule has 0 unspecified atom stereocenters. The average molecular weight is 360 g/mol. The van der Waals surface area contributed by atoms with Crippen LogP contribution in [-0.2, 0) is 19.4 Å². The minimum absolute atomic E-state index is 0.224. The van der Waals surface area contributed by atoms with Gasteiger partial charge in [-0.15, -0.1) is 0 Å². The van der Waals surface area contributed by atoms with Gasteiger partial charge in [0.1, 0.15) is 18.1 Å². The molecule has 1 aliphatic rings. The number of fused-ring (bicyclic) bond motifs is 1. The summed E-state index contributed by atoms with van der Waals surface area (Å²) in [7, 11) is 0. The van der Waals surface area contributed by atoms with E-state index >= 15 is 0 Å². The van der Waals surface area contributed by atoms with Crippen molar-refractivity contribution in [1.82, 2.24) is 5.43 Å². The largest absolute Gasteiger partial charge is 0.486 e. The molecule has 4 rings (SSSR count). The first-order valence-corrected chi connectivity index (χ1v) is 8.97. The first-order valence-electron chi connectivity index (χ1n) is 8.97. The van der Waals surface area contributed by atoms with E-state index in [9.17, 15) is 4.79 Å². The third-order valence-electron chi connectivity index (χ3n) is 4.52. The molecule has 27 heavy (non-hydrogen) atoms. The molecule has 0 atom stereocenters. The molecule has 0 spiro atoms. The summed E-state index contributed by atoms with van der Waals surface area (Å²) in [6.07, 6.45) is 2.57. The number of nitrogens with one attached hydrogen (secondary N) is 1. The molecule has 5 nitrogen and oxygen atoms in total. The fourth-order valence-electron chi connectivity index (χ4n) is 3.09. The van der Waals surface area contributed by atoms with E-state index < -0.39 is 0 Å². The fourth-order valence-corrected chi connectivity index (χ4v) is 3.09. The van der Waals surface area contributed by atoms with E-state index in [0.717, 1.165) is 30.7 Å². The van der Waals surface area contributed by atoms with Gasteiger partial charge in [0.05, 0.1) is 0 Å². The predicted octanol–water partition coefficient (Wildman–Crippen LogP) is 4.13. The minimum atomic E-state index is -0.354. The Labute approximate surface area is 157 Å². The van der Waals surface area contributed by atoms with E-state index in [0.29, 0.717) is 5.76 Å². The van der Waals surface area contributed by atoms with Crippen molar-refractivity contribution in [1.29, 1.82) is 0 Å². The molecule has 1 amide bonds. The Morgan fingerprint density at radius 3 is 2.59 bits per heavy atom. The lowest BCUT2D eigenvalue weighted by Crippen LogP contribution is -2.22. The average Bonchev–Trinajstić information content (AvgIpc) is 3.20. The van der Waals surface area contributed by atoms with Crippen LogP contribution in [0.4, 0.5) is 0 Å². The molecular formula is C22H20N2O3. The van der Waals surface area contributed by atoms with Crippen LogP contribution >= 0.6 is 0 Å². The van der Waals surface area contributed by atoms with Crippen LogP contribution in [0, 0.1) is 0 Å². The maximum atomic E-state index is 12.3. The van der Waals surface area contributed by atoms with Gasteiger partial charge < -0.3 is 9.15 Å². The summed E-state index contributed by atoms with van der Waals surface area (Å²) in [6, 6.07) is 21.2. The molecule has 3 aromatic rings. The number of carbonyl (C=O) groups excluding carboxylic acids is 1. The van der Waals surface area contributed by atoms with E-state index in [4.69, 9.17) is 9.15 Å². The fraction of sp³-hybridized carbons (Fsp3) is 0.182. The maximum absolute atomic E-state index is 12.3. The van der Waals surface area contributed by atoms with Crippen molar-refractivity contribution in [2.45, 2.75) is 25.9 Å². The summed E-state index contributed by atoms with van der Waals surface area (Å²) in [5.41, 5.74) is 6.21. The molecule has 0 saturated heterocycles. The number of hydrogen-bond donors (Lipinski definition) is 1. The minimum Gasteiger partial charge on any atom is -0.486 e. The molecule has 0 fully saturated rings. The normalized spacial score (nSPS) is 14.6. The van der Waals surface area contributed by atoms with Crippen molar-refractivity contribution in [3.63, 3.8) is 0 Å². The van der Waals surface area contributed by atoms with Gasteiger partial charge in [-0.05, 0) is 48.2 Å². The van der Waals surface area contributed by atoms with Gasteiger partial charge in [-0.3, -0.25) is 4.79 Å². The molecule has 1 heterocycles. The first-order chi connectivity index (χ1) is 13.3. The molecule has 2 aromatic carbocycles. The van der Waals surface area contributed by atoms with Crippen molar-refractivity contribution in [3.05, 3.63) is 89.4 Å². The van der Waals surface area contributed by atoms with Crippen LogP contribution in [0.3, 0.4) is 0 Å². The van der Waals surface area contributed by atoms with E-state index in [1.54, 1.807) is 12.1 Å². The summed E-state index contributed by atoms with van der Waals surface area (Å²) in [6.45, 7) is 0.266. The van der Waals surface area contributed by atoms with Gasteiger partial charge in [-0.25, -0.2) is 5.43 Å². The number of aryl methyl sites for hydroxylation is 1. The van der Waals surface area contributed by atoms with Crippen molar-refractivity contribution >= 4 is 11.6 Å². The number of ether oxygens (including phenoxy) is 1. The Balaban J connectivity index is 1.33. The van der Waals surface area contributed by atoms with Crippen LogP contribution in [-0.4, -0.2) is 11.6 Å². The van der Waals surface area contributed by atoms with Gasteiger partial charge in [0.25, 0.3) is 0 Å². The Kier molecular flexibility index (Phi) is 5.01. The Morgan fingerprint density at radius 1 is 0.963 bits per heavy atom. The van der Waals surface area contributed by atoms with Crippen LogP contribution in [0.15, 0.2) is 76.2 Å². The van der Waals surface area contributed by atoms with Crippen LogP contribution in [0.5, 0.6) is 5.75 Å². The number of furan rings is 1. The smallest absolute Gasteiger partial charge is 0.307 e. The number of nitrogens with zero attached hydrogens (tertiary/aromatic N) is 1. The lowest BCUT2D eigenvalue weighted by Gasteiger charge is -2.17. The number of rotatable bonds is 5. The van der Waals surface area contributed by atoms with E-state index in [1.165, 1.54) is 11.1 Å². The van der Waals surface area contributed by atoms with E-state index in [2.05, 4.69) is 28.7 Å². The number of carbonyl (C=O) groups is 1. The Hall–Kier alpha value is -3.34. The van der Waals surface area contributed by atoms with Crippen molar-refractivity contribution in [3.8, 4) is 5.75 Å². The van der Waals surface area contributed by atoms with Crippen LogP contribution in [0.2, 0.25) is 0 Å². The Morgan fingerprint density at radius 2 is 1.74 bits per heavy atom. The summed E-state index contributed by atoms with van der Waals surface area (Å²) in [5, 5.41) is 4.29. The lowest BCUT2D eigenvalue weighted by atomic mass is 9.90. The molecule has 0 saturated carbocycles. The van der Waals surface area contributed by atoms with Crippen LogP contribution in [0.1, 0.15) is 33.9 Å². The van der Waals surface area contributed by atoms with Crippen molar-refractivity contribution in [2.75, 3.05) is 0 Å². The van der Waals surface area contributed by atoms with Crippen LogP contribution < -0.4 is 10.2 Å². The van der Waals surface area contributed by atoms with E-state index in [-0.39, 0.29) is 18.3 Å². The highest BCUT2D eigenvalue weighted by atomic mass is 16.5. The highest BCUT2D eigenvalue weighted by Gasteiger charge is 2.15. The number of para-hydroxylation sites is 1. The van der Waals surface area contributed by atoms with Crippen molar-refractivity contribution < 1.29 is 13.9 Å². The maximum Gasteiger partial charge on any atom is 0.307 e. The highest BCUT2D eigenvalue weighted by molar-refractivity contribution is 5.94. The van der Waals surface area contributed by atoms with Crippen molar-refractivity contribution in [2.24, 2.45) is 5.10 Å². The van der Waals surface area contributed by atoms with Gasteiger partial charge in [0, 0.05) is 12.1 Å². The molecule has 1 aliphatic carbocycles. The van der Waals surface area contributed by atoms with Gasteiger partial charge in [0.2, 0.25) is 0 Å². The monoisotopic (exact) mass is 360 g/mol. The summed E-state index contributed by atoms with van der Waals surface area (Å²) < 4.78 is 11.2. The molecule has 1 N–H and O–H groups in total. The molecule has 0 radical (unpaired) electrons. The summed E-state index contributed by atoms with van der Waals surface area (Å²) >= 11 is 0. The zero-order valence-electron chi connectivity index (χ0n) is 14.9. The molecular weight excluding hydrogens is 340 g/mol. The standard InChI is InChI=1S/C22H20N2O3/c25-22(24-23-18-11-10-16-6-4-5-7-17(16)14-18)21-13-12-20(27-21)15-26-19-8-2-1-3-9-19/h1-9,12-13H,10-11,14-15H2,(H,24,25)/b23-18+. The third kappa shape index (κ3) is 4.26. The zero-order chi connectivity index (χ0) is 18.5. The third-order valence-corrected chi connectivity index (χ3v) is 4.52. The molecule has 0 aliphatic heterocycles. The zero-order valence-corrected chi connectivity index (χ0v) is 14.9. The van der Waals surface area contributed by atoms with Gasteiger partial charge in [-0.1, -0.05) is 42.5 Å². The highest BCUT2D eigenvalue weighted by Crippen LogP contribution is 2.19. The van der Waals surface area contributed by atoms with Gasteiger partial charge in [-0.2, -0.15) is 5.10 Å². The summed E-state index contributed by atoms with van der Waals surface area (Å²) in [4.78, 5) is 12.3. The quantitative estimate of drug-likeness (QED) is 0.696. The number of benzene rings is 2. The first kappa shape index (κ1) is 17.1. The van der Waals surface area contributed by atoms with Gasteiger partial charge in [0.15, 0.2) is 5.76 Å². The molecule has 0 bridgehead atoms. The molecule has 5 heteroatoms. The Bertz CT molecular complexity index is 960. The molecule has 1 aromatic heterocycles. The van der Waals surface area contributed by atoms with E-state index in [1.807, 2.05) is 36.4 Å². The SMILES string of the molecule is O=C(N/N=C1\CCc2ccccc2C1)c1ccc(COc2ccccc2)o1. The molecule has 136 valence electrons. The second kappa shape index (κ2) is 7.91. The number of amides is 1. The number of hydrogen-bond acceptors (Lipinski definition) is 4.